The van der Waals surface area contributed by atoms with E-state index in [1.165, 1.54) is 38.5 Å². The van der Waals surface area contributed by atoms with E-state index in [0.29, 0.717) is 12.2 Å². The van der Waals surface area contributed by atoms with E-state index in [2.05, 4.69) is 0 Å². The van der Waals surface area contributed by atoms with Crippen molar-refractivity contribution in [3.63, 3.8) is 0 Å². The van der Waals surface area contributed by atoms with Crippen molar-refractivity contribution in [2.45, 2.75) is 56.7 Å². The summed E-state index contributed by atoms with van der Waals surface area (Å²) in [5, 5.41) is 7.46. The molecule has 3 rings (SSSR count). The molecule has 1 aromatic rings. The minimum atomic E-state index is 0.0683. The SMILES string of the molecule is N=C(N)c1cccc(OCC2CCC3(CCCCC3)O2)c1. The molecule has 2 fully saturated rings. The van der Waals surface area contributed by atoms with Gasteiger partial charge in [0.2, 0.25) is 0 Å². The second kappa shape index (κ2) is 6.06. The molecule has 1 aliphatic carbocycles. The topological polar surface area (TPSA) is 68.3 Å². The Labute approximate surface area is 126 Å². The van der Waals surface area contributed by atoms with Crippen LogP contribution >= 0.6 is 0 Å². The first-order valence-corrected chi connectivity index (χ1v) is 7.92. The Morgan fingerprint density at radius 1 is 1.29 bits per heavy atom. The highest BCUT2D eigenvalue weighted by atomic mass is 16.6. The van der Waals surface area contributed by atoms with Crippen LogP contribution in [0.3, 0.4) is 0 Å². The minimum Gasteiger partial charge on any atom is -0.491 e. The predicted molar refractivity (Wildman–Crippen MR) is 82.9 cm³/mol. The summed E-state index contributed by atoms with van der Waals surface area (Å²) in [6.45, 7) is 0.586. The van der Waals surface area contributed by atoms with Gasteiger partial charge in [-0.25, -0.2) is 0 Å². The zero-order valence-electron chi connectivity index (χ0n) is 12.4. The molecular formula is C17H24N2O2. The predicted octanol–water partition coefficient (Wildman–Crippen LogP) is 3.23. The van der Waals surface area contributed by atoms with E-state index in [1.54, 1.807) is 0 Å². The number of ether oxygens (including phenoxy) is 2. The second-order valence-corrected chi connectivity index (χ2v) is 6.27. The molecule has 0 bridgehead atoms. The quantitative estimate of drug-likeness (QED) is 0.660. The lowest BCUT2D eigenvalue weighted by atomic mass is 9.83. The first-order valence-electron chi connectivity index (χ1n) is 7.92. The summed E-state index contributed by atoms with van der Waals surface area (Å²) in [4.78, 5) is 0. The molecule has 1 aromatic carbocycles. The number of rotatable bonds is 4. The fourth-order valence-corrected chi connectivity index (χ4v) is 3.52. The van der Waals surface area contributed by atoms with Crippen LogP contribution in [-0.4, -0.2) is 24.1 Å². The number of hydrogen-bond acceptors (Lipinski definition) is 3. The van der Waals surface area contributed by atoms with E-state index in [0.717, 1.165) is 12.2 Å². The van der Waals surface area contributed by atoms with Crippen molar-refractivity contribution in [2.24, 2.45) is 5.73 Å². The van der Waals surface area contributed by atoms with Gasteiger partial charge in [-0.1, -0.05) is 31.4 Å². The van der Waals surface area contributed by atoms with Gasteiger partial charge in [-0.3, -0.25) is 5.41 Å². The van der Waals surface area contributed by atoms with Gasteiger partial charge < -0.3 is 15.2 Å². The Morgan fingerprint density at radius 2 is 2.10 bits per heavy atom. The normalized spacial score (nSPS) is 24.1. The fourth-order valence-electron chi connectivity index (χ4n) is 3.52. The summed E-state index contributed by atoms with van der Waals surface area (Å²) >= 11 is 0. The summed E-state index contributed by atoms with van der Waals surface area (Å²) in [5.74, 6) is 0.828. The lowest BCUT2D eigenvalue weighted by Crippen LogP contribution is -2.32. The minimum absolute atomic E-state index is 0.0683. The van der Waals surface area contributed by atoms with Gasteiger partial charge >= 0.3 is 0 Å². The maximum absolute atomic E-state index is 7.46. The van der Waals surface area contributed by atoms with Gasteiger partial charge in [0, 0.05) is 5.56 Å². The van der Waals surface area contributed by atoms with Crippen LogP contribution in [0.1, 0.15) is 50.5 Å². The maximum Gasteiger partial charge on any atom is 0.122 e. The lowest BCUT2D eigenvalue weighted by Gasteiger charge is -2.33. The van der Waals surface area contributed by atoms with Gasteiger partial charge in [0.05, 0.1) is 11.7 Å². The van der Waals surface area contributed by atoms with Gasteiger partial charge in [0.1, 0.15) is 18.2 Å². The van der Waals surface area contributed by atoms with Crippen molar-refractivity contribution in [1.29, 1.82) is 5.41 Å². The monoisotopic (exact) mass is 288 g/mol. The third kappa shape index (κ3) is 3.38. The Kier molecular flexibility index (Phi) is 4.15. The van der Waals surface area contributed by atoms with Gasteiger partial charge in [0.15, 0.2) is 0 Å². The van der Waals surface area contributed by atoms with E-state index < -0.39 is 0 Å². The van der Waals surface area contributed by atoms with Crippen LogP contribution in [0.4, 0.5) is 0 Å². The Bertz CT molecular complexity index is 509. The van der Waals surface area contributed by atoms with E-state index in [9.17, 15) is 0 Å². The summed E-state index contributed by atoms with van der Waals surface area (Å²) in [6, 6.07) is 7.40. The van der Waals surface area contributed by atoms with Crippen molar-refractivity contribution in [3.8, 4) is 5.75 Å². The van der Waals surface area contributed by atoms with Gasteiger partial charge in [-0.05, 0) is 37.8 Å². The van der Waals surface area contributed by atoms with Crippen LogP contribution in [0.2, 0.25) is 0 Å². The van der Waals surface area contributed by atoms with E-state index in [-0.39, 0.29) is 17.5 Å². The first kappa shape index (κ1) is 14.4. The summed E-state index contributed by atoms with van der Waals surface area (Å²) in [5.41, 5.74) is 6.34. The van der Waals surface area contributed by atoms with Crippen LogP contribution < -0.4 is 10.5 Å². The van der Waals surface area contributed by atoms with Crippen LogP contribution in [0.15, 0.2) is 24.3 Å². The molecule has 3 N–H and O–H groups in total. The summed E-state index contributed by atoms with van der Waals surface area (Å²) in [6.07, 6.45) is 8.84. The van der Waals surface area contributed by atoms with Crippen LogP contribution in [-0.2, 0) is 4.74 Å². The van der Waals surface area contributed by atoms with E-state index in [1.807, 2.05) is 24.3 Å². The third-order valence-electron chi connectivity index (χ3n) is 4.68. The molecule has 2 aliphatic rings. The molecule has 4 nitrogen and oxygen atoms in total. The maximum atomic E-state index is 7.46. The molecule has 21 heavy (non-hydrogen) atoms. The Morgan fingerprint density at radius 3 is 2.86 bits per heavy atom. The number of benzene rings is 1. The second-order valence-electron chi connectivity index (χ2n) is 6.27. The third-order valence-corrected chi connectivity index (χ3v) is 4.68. The molecule has 1 aliphatic heterocycles. The molecule has 1 saturated carbocycles. The van der Waals surface area contributed by atoms with Crippen molar-refractivity contribution < 1.29 is 9.47 Å². The zero-order chi connectivity index (χ0) is 14.7. The molecule has 114 valence electrons. The molecular weight excluding hydrogens is 264 g/mol. The molecule has 0 aromatic heterocycles. The Hall–Kier alpha value is -1.55. The molecule has 1 atom stereocenters. The van der Waals surface area contributed by atoms with Gasteiger partial charge in [-0.2, -0.15) is 0 Å². The summed E-state index contributed by atoms with van der Waals surface area (Å²) in [7, 11) is 0. The Balaban J connectivity index is 1.54. The highest BCUT2D eigenvalue weighted by Gasteiger charge is 2.40. The van der Waals surface area contributed by atoms with Crippen molar-refractivity contribution in [3.05, 3.63) is 29.8 Å². The smallest absolute Gasteiger partial charge is 0.122 e. The largest absolute Gasteiger partial charge is 0.491 e. The molecule has 1 unspecified atom stereocenters. The van der Waals surface area contributed by atoms with Crippen LogP contribution in [0, 0.1) is 5.41 Å². The first-order chi connectivity index (χ1) is 10.2. The molecule has 0 radical (unpaired) electrons. The molecule has 0 amide bonds. The number of hydrogen-bond donors (Lipinski definition) is 2. The number of amidine groups is 1. The molecule has 4 heteroatoms. The summed E-state index contributed by atoms with van der Waals surface area (Å²) < 4.78 is 12.1. The fraction of sp³-hybridized carbons (Fsp3) is 0.588. The number of nitrogen functional groups attached to an aromatic ring is 1. The number of nitrogens with one attached hydrogen (secondary N) is 1. The van der Waals surface area contributed by atoms with Crippen LogP contribution in [0.25, 0.3) is 0 Å². The highest BCUT2D eigenvalue weighted by Crippen LogP contribution is 2.41. The van der Waals surface area contributed by atoms with Crippen molar-refractivity contribution >= 4 is 5.84 Å². The van der Waals surface area contributed by atoms with Crippen molar-refractivity contribution in [2.75, 3.05) is 6.61 Å². The lowest BCUT2D eigenvalue weighted by molar-refractivity contribution is -0.0748. The average molecular weight is 288 g/mol. The molecule has 1 heterocycles. The molecule has 1 spiro atoms. The van der Waals surface area contributed by atoms with Crippen LogP contribution in [0.5, 0.6) is 5.75 Å². The molecule has 1 saturated heterocycles. The van der Waals surface area contributed by atoms with Gasteiger partial charge in [-0.15, -0.1) is 0 Å². The van der Waals surface area contributed by atoms with Gasteiger partial charge in [0.25, 0.3) is 0 Å². The average Bonchev–Trinajstić information content (AvgIpc) is 2.89. The number of nitrogens with two attached hydrogens (primary N) is 1. The standard InChI is InChI=1S/C17H24N2O2/c18-16(19)13-5-4-6-14(11-13)20-12-15-7-10-17(21-15)8-2-1-3-9-17/h4-6,11,15H,1-3,7-10,12H2,(H3,18,19). The van der Waals surface area contributed by atoms with E-state index >= 15 is 0 Å². The highest BCUT2D eigenvalue weighted by molar-refractivity contribution is 5.95. The van der Waals surface area contributed by atoms with Crippen molar-refractivity contribution in [1.82, 2.24) is 0 Å². The zero-order valence-corrected chi connectivity index (χ0v) is 12.4. The van der Waals surface area contributed by atoms with E-state index in [4.69, 9.17) is 20.6 Å².